The number of ether oxygens (including phenoxy) is 1. The van der Waals surface area contributed by atoms with Crippen LogP contribution in [-0.2, 0) is 6.54 Å². The van der Waals surface area contributed by atoms with Gasteiger partial charge in [0.05, 0.1) is 5.69 Å². The summed E-state index contributed by atoms with van der Waals surface area (Å²) in [6.45, 7) is 4.99. The fourth-order valence-electron chi connectivity index (χ4n) is 3.51. The predicted molar refractivity (Wildman–Crippen MR) is 92.7 cm³/mol. The normalized spacial score (nSPS) is 22.5. The molecule has 24 heavy (non-hydrogen) atoms. The molecule has 126 valence electrons. The number of nitrogens with zero attached hydrogens (tertiary/aromatic N) is 3. The minimum absolute atomic E-state index is 0.0404. The van der Waals surface area contributed by atoms with Crippen LogP contribution in [0.15, 0.2) is 36.5 Å². The van der Waals surface area contributed by atoms with Crippen molar-refractivity contribution in [2.45, 2.75) is 30.7 Å². The standard InChI is InChI=1S/C18H20FN3OS/c1-13-4-2-5-14(21-13)9-22-11-18(12-22)8-15(10-24-18)23-17-16(19)6-3-7-20-17/h2-7,15H,8-12H2,1H3/t15-/m1/s1. The van der Waals surface area contributed by atoms with Gasteiger partial charge in [-0.15, -0.1) is 11.8 Å². The highest BCUT2D eigenvalue weighted by atomic mass is 32.2. The zero-order valence-corrected chi connectivity index (χ0v) is 14.4. The number of aromatic nitrogens is 2. The van der Waals surface area contributed by atoms with Gasteiger partial charge in [-0.2, -0.15) is 0 Å². The Hall–Kier alpha value is -1.66. The van der Waals surface area contributed by atoms with Crippen LogP contribution < -0.4 is 4.74 Å². The second-order valence-electron chi connectivity index (χ2n) is 6.64. The van der Waals surface area contributed by atoms with Crippen molar-refractivity contribution in [2.24, 2.45) is 0 Å². The third-order valence-electron chi connectivity index (χ3n) is 4.53. The molecule has 2 aliphatic rings. The number of hydrogen-bond acceptors (Lipinski definition) is 5. The summed E-state index contributed by atoms with van der Waals surface area (Å²) in [6.07, 6.45) is 2.56. The minimum Gasteiger partial charge on any atom is -0.471 e. The Morgan fingerprint density at radius 1 is 1.33 bits per heavy atom. The van der Waals surface area contributed by atoms with E-state index in [1.165, 1.54) is 6.07 Å². The van der Waals surface area contributed by atoms with Gasteiger partial charge in [0.15, 0.2) is 5.82 Å². The van der Waals surface area contributed by atoms with Crippen LogP contribution in [0.4, 0.5) is 4.39 Å². The Balaban J connectivity index is 1.31. The van der Waals surface area contributed by atoms with Crippen LogP contribution >= 0.6 is 11.8 Å². The van der Waals surface area contributed by atoms with Crippen molar-refractivity contribution in [2.75, 3.05) is 18.8 Å². The average Bonchev–Trinajstić information content (AvgIpc) is 2.93. The van der Waals surface area contributed by atoms with E-state index in [4.69, 9.17) is 4.74 Å². The molecular formula is C18H20FN3OS. The number of thioether (sulfide) groups is 1. The van der Waals surface area contributed by atoms with Crippen LogP contribution in [0.2, 0.25) is 0 Å². The first-order chi connectivity index (χ1) is 11.6. The van der Waals surface area contributed by atoms with Gasteiger partial charge in [-0.25, -0.2) is 9.37 Å². The molecule has 2 aromatic rings. The van der Waals surface area contributed by atoms with Crippen LogP contribution in [0.3, 0.4) is 0 Å². The molecule has 2 aromatic heterocycles. The maximum atomic E-state index is 13.7. The van der Waals surface area contributed by atoms with E-state index in [-0.39, 0.29) is 22.5 Å². The lowest BCUT2D eigenvalue weighted by atomic mass is 9.93. The summed E-state index contributed by atoms with van der Waals surface area (Å²) in [5.74, 6) is 0.636. The largest absolute Gasteiger partial charge is 0.471 e. The number of likely N-dealkylation sites (tertiary alicyclic amines) is 1. The molecule has 1 atom stereocenters. The van der Waals surface area contributed by atoms with Crippen molar-refractivity contribution in [3.8, 4) is 5.88 Å². The summed E-state index contributed by atoms with van der Waals surface area (Å²) in [4.78, 5) is 11.0. The van der Waals surface area contributed by atoms with Crippen molar-refractivity contribution in [1.29, 1.82) is 0 Å². The number of aryl methyl sites for hydroxylation is 1. The Kier molecular flexibility index (Phi) is 4.18. The number of pyridine rings is 2. The second kappa shape index (κ2) is 6.33. The molecule has 0 aliphatic carbocycles. The lowest BCUT2D eigenvalue weighted by molar-refractivity contribution is 0.0885. The van der Waals surface area contributed by atoms with Gasteiger partial charge in [0.25, 0.3) is 5.88 Å². The molecule has 4 heterocycles. The Morgan fingerprint density at radius 3 is 3.00 bits per heavy atom. The molecule has 0 radical (unpaired) electrons. The van der Waals surface area contributed by atoms with Crippen molar-refractivity contribution in [3.05, 3.63) is 53.7 Å². The Bertz CT molecular complexity index is 736. The third kappa shape index (κ3) is 3.26. The van der Waals surface area contributed by atoms with E-state index in [0.29, 0.717) is 0 Å². The van der Waals surface area contributed by atoms with Crippen molar-refractivity contribution < 1.29 is 9.13 Å². The molecule has 0 saturated carbocycles. The summed E-state index contributed by atoms with van der Waals surface area (Å²) < 4.78 is 19.7. The fraction of sp³-hybridized carbons (Fsp3) is 0.444. The van der Waals surface area contributed by atoms with Gasteiger partial charge in [0.2, 0.25) is 0 Å². The summed E-state index contributed by atoms with van der Waals surface area (Å²) >= 11 is 1.94. The minimum atomic E-state index is -0.385. The zero-order chi connectivity index (χ0) is 16.6. The topological polar surface area (TPSA) is 38.2 Å². The van der Waals surface area contributed by atoms with Crippen LogP contribution in [0, 0.1) is 12.7 Å². The molecule has 2 fully saturated rings. The molecule has 2 aliphatic heterocycles. The third-order valence-corrected chi connectivity index (χ3v) is 6.11. The molecule has 0 aromatic carbocycles. The van der Waals surface area contributed by atoms with Gasteiger partial charge < -0.3 is 4.74 Å². The van der Waals surface area contributed by atoms with Crippen LogP contribution in [0.25, 0.3) is 0 Å². The van der Waals surface area contributed by atoms with E-state index in [9.17, 15) is 4.39 Å². The lowest BCUT2D eigenvalue weighted by Crippen LogP contribution is -2.58. The van der Waals surface area contributed by atoms with Crippen LogP contribution in [-0.4, -0.2) is 44.6 Å². The molecule has 6 heteroatoms. The number of halogens is 1. The summed E-state index contributed by atoms with van der Waals surface area (Å²) in [5, 5.41) is 0. The molecule has 4 rings (SSSR count). The monoisotopic (exact) mass is 345 g/mol. The second-order valence-corrected chi connectivity index (χ2v) is 8.13. The molecule has 0 unspecified atom stereocenters. The summed E-state index contributed by atoms with van der Waals surface area (Å²) in [5.41, 5.74) is 2.18. The Morgan fingerprint density at radius 2 is 2.21 bits per heavy atom. The van der Waals surface area contributed by atoms with Crippen LogP contribution in [0.1, 0.15) is 17.8 Å². The van der Waals surface area contributed by atoms with Crippen molar-refractivity contribution in [3.63, 3.8) is 0 Å². The van der Waals surface area contributed by atoms with Gasteiger partial charge >= 0.3 is 0 Å². The molecule has 0 amide bonds. The van der Waals surface area contributed by atoms with Crippen LogP contribution in [0.5, 0.6) is 5.88 Å². The molecule has 2 saturated heterocycles. The summed E-state index contributed by atoms with van der Waals surface area (Å²) in [7, 11) is 0. The van der Waals surface area contributed by atoms with Gasteiger partial charge in [-0.05, 0) is 31.2 Å². The zero-order valence-electron chi connectivity index (χ0n) is 13.6. The fourth-order valence-corrected chi connectivity index (χ4v) is 5.09. The van der Waals surface area contributed by atoms with E-state index in [1.54, 1.807) is 12.3 Å². The van der Waals surface area contributed by atoms with E-state index >= 15 is 0 Å². The van der Waals surface area contributed by atoms with E-state index < -0.39 is 0 Å². The van der Waals surface area contributed by atoms with E-state index in [1.807, 2.05) is 24.8 Å². The van der Waals surface area contributed by atoms with E-state index in [0.717, 1.165) is 43.2 Å². The first kappa shape index (κ1) is 15.8. The lowest BCUT2D eigenvalue weighted by Gasteiger charge is -2.47. The van der Waals surface area contributed by atoms with Crippen molar-refractivity contribution in [1.82, 2.24) is 14.9 Å². The highest BCUT2D eigenvalue weighted by Gasteiger charge is 2.49. The van der Waals surface area contributed by atoms with Gasteiger partial charge in [0, 0.05) is 48.4 Å². The highest BCUT2D eigenvalue weighted by molar-refractivity contribution is 8.01. The molecular weight excluding hydrogens is 325 g/mol. The SMILES string of the molecule is Cc1cccc(CN2CC3(C[C@@H](Oc4ncccc4F)CS3)C2)n1. The maximum Gasteiger partial charge on any atom is 0.250 e. The van der Waals surface area contributed by atoms with Crippen molar-refractivity contribution >= 4 is 11.8 Å². The summed E-state index contributed by atoms with van der Waals surface area (Å²) in [6, 6.07) is 9.13. The molecule has 0 N–H and O–H groups in total. The molecule has 0 bridgehead atoms. The highest BCUT2D eigenvalue weighted by Crippen LogP contribution is 2.46. The first-order valence-corrected chi connectivity index (χ1v) is 9.16. The molecule has 4 nitrogen and oxygen atoms in total. The predicted octanol–water partition coefficient (Wildman–Crippen LogP) is 3.06. The smallest absolute Gasteiger partial charge is 0.250 e. The number of hydrogen-bond donors (Lipinski definition) is 0. The quantitative estimate of drug-likeness (QED) is 0.851. The van der Waals surface area contributed by atoms with Gasteiger partial charge in [-0.3, -0.25) is 9.88 Å². The first-order valence-electron chi connectivity index (χ1n) is 8.18. The van der Waals surface area contributed by atoms with E-state index in [2.05, 4.69) is 27.0 Å². The van der Waals surface area contributed by atoms with Gasteiger partial charge in [-0.1, -0.05) is 6.07 Å². The van der Waals surface area contributed by atoms with Gasteiger partial charge in [0.1, 0.15) is 6.10 Å². The number of rotatable bonds is 4. The molecule has 1 spiro atoms. The maximum absolute atomic E-state index is 13.7. The average molecular weight is 345 g/mol. The Labute approximate surface area is 145 Å².